The van der Waals surface area contributed by atoms with Crippen molar-refractivity contribution in [1.82, 2.24) is 19.0 Å². The molecule has 42 heavy (non-hydrogen) atoms. The Morgan fingerprint density at radius 2 is 1.86 bits per heavy atom. The lowest BCUT2D eigenvalue weighted by atomic mass is 10.0. The lowest BCUT2D eigenvalue weighted by Gasteiger charge is -2.34. The van der Waals surface area contributed by atoms with E-state index < -0.39 is 17.3 Å². The molecule has 0 bridgehead atoms. The van der Waals surface area contributed by atoms with Gasteiger partial charge in [0.25, 0.3) is 5.56 Å². The maximum Gasteiger partial charge on any atom is 0.337 e. The Hall–Kier alpha value is -4.38. The van der Waals surface area contributed by atoms with Crippen molar-refractivity contribution >= 4 is 28.6 Å². The van der Waals surface area contributed by atoms with Gasteiger partial charge in [-0.15, -0.1) is 0 Å². The molecule has 1 saturated heterocycles. The molecule has 11 heteroatoms. The summed E-state index contributed by atoms with van der Waals surface area (Å²) >= 11 is 0. The van der Waals surface area contributed by atoms with Gasteiger partial charge in [0.05, 0.1) is 28.8 Å². The van der Waals surface area contributed by atoms with Gasteiger partial charge in [-0.2, -0.15) is 0 Å². The number of pyridine rings is 1. The second-order valence-electron chi connectivity index (χ2n) is 11.1. The first-order valence-electron chi connectivity index (χ1n) is 14.2. The van der Waals surface area contributed by atoms with Gasteiger partial charge in [-0.25, -0.2) is 14.2 Å². The Kier molecular flexibility index (Phi) is 8.49. The Labute approximate surface area is 243 Å². The van der Waals surface area contributed by atoms with E-state index >= 15 is 0 Å². The lowest BCUT2D eigenvalue weighted by Crippen LogP contribution is -2.44. The van der Waals surface area contributed by atoms with Crippen LogP contribution < -0.4 is 20.9 Å². The van der Waals surface area contributed by atoms with Crippen molar-refractivity contribution < 1.29 is 19.0 Å². The number of rotatable bonds is 10. The quantitative estimate of drug-likeness (QED) is 0.271. The van der Waals surface area contributed by atoms with E-state index in [1.165, 1.54) is 47.8 Å². The Morgan fingerprint density at radius 3 is 2.60 bits per heavy atom. The van der Waals surface area contributed by atoms with Gasteiger partial charge in [0.2, 0.25) is 5.95 Å². The number of imidazole rings is 1. The zero-order chi connectivity index (χ0) is 30.0. The number of nitrogens with zero attached hydrogens (tertiary/aromatic N) is 5. The standard InChI is InChI=1S/C31H37FN6O4/c1-20(18-38-27-17-23(7-8-26(27)34-31(38)33)37-12-10-35(2)11-13-37)5-4-14-42-28-9-6-22(32)16-24(28)25-15-21(30(40)41)19-36(3)29(25)39/h6-9,15-17,19-20H,4-5,10-14,18H2,1-3H3,(H2,33,34)(H,40,41)/t20-/m1/s1. The average Bonchev–Trinajstić information content (AvgIpc) is 3.27. The zero-order valence-electron chi connectivity index (χ0n) is 24.2. The number of carbonyl (C=O) groups is 1. The van der Waals surface area contributed by atoms with E-state index in [4.69, 9.17) is 10.5 Å². The Morgan fingerprint density at radius 1 is 1.10 bits per heavy atom. The largest absolute Gasteiger partial charge is 0.493 e. The highest BCUT2D eigenvalue weighted by atomic mass is 19.1. The molecular formula is C31H37FN6O4. The predicted molar refractivity (Wildman–Crippen MR) is 162 cm³/mol. The maximum absolute atomic E-state index is 14.2. The van der Waals surface area contributed by atoms with Crippen molar-refractivity contribution in [3.05, 3.63) is 70.4 Å². The molecule has 1 atom stereocenters. The number of aryl methyl sites for hydroxylation is 1. The number of nitrogens with two attached hydrogens (primary N) is 1. The summed E-state index contributed by atoms with van der Waals surface area (Å²) in [5, 5.41) is 9.43. The molecule has 0 saturated carbocycles. The first kappa shape index (κ1) is 29.1. The molecule has 1 aliphatic heterocycles. The number of aromatic carboxylic acids is 1. The minimum Gasteiger partial charge on any atom is -0.493 e. The zero-order valence-corrected chi connectivity index (χ0v) is 24.2. The van der Waals surface area contributed by atoms with Crippen molar-refractivity contribution in [3.8, 4) is 16.9 Å². The summed E-state index contributed by atoms with van der Waals surface area (Å²) in [5.41, 5.74) is 9.18. The number of carboxylic acid groups (broad SMARTS) is 1. The van der Waals surface area contributed by atoms with Crippen LogP contribution in [0.3, 0.4) is 0 Å². The number of benzene rings is 2. The highest BCUT2D eigenvalue weighted by molar-refractivity contribution is 5.89. The van der Waals surface area contributed by atoms with Gasteiger partial charge < -0.3 is 34.5 Å². The van der Waals surface area contributed by atoms with Crippen LogP contribution in [-0.2, 0) is 13.6 Å². The number of halogens is 1. The molecule has 3 N–H and O–H groups in total. The number of fused-ring (bicyclic) bond motifs is 1. The van der Waals surface area contributed by atoms with E-state index in [-0.39, 0.29) is 22.6 Å². The summed E-state index contributed by atoms with van der Waals surface area (Å²) in [4.78, 5) is 33.6. The summed E-state index contributed by atoms with van der Waals surface area (Å²) in [6.07, 6.45) is 2.78. The van der Waals surface area contributed by atoms with E-state index in [0.29, 0.717) is 31.3 Å². The smallest absolute Gasteiger partial charge is 0.337 e. The number of anilines is 2. The van der Waals surface area contributed by atoms with E-state index in [9.17, 15) is 19.1 Å². The molecule has 5 rings (SSSR count). The topological polar surface area (TPSA) is 119 Å². The SMILES string of the molecule is C[C@H](CCCOc1ccc(F)cc1-c1cc(C(=O)O)cn(C)c1=O)Cn1c(N)nc2ccc(N3CCN(C)CC3)cc21. The molecule has 0 aliphatic carbocycles. The number of hydrogen-bond donors (Lipinski definition) is 2. The summed E-state index contributed by atoms with van der Waals surface area (Å²) in [7, 11) is 3.60. The average molecular weight is 577 g/mol. The second-order valence-corrected chi connectivity index (χ2v) is 11.1. The van der Waals surface area contributed by atoms with Crippen LogP contribution in [0.2, 0.25) is 0 Å². The molecule has 1 aliphatic rings. The molecule has 0 radical (unpaired) electrons. The van der Waals surface area contributed by atoms with Gasteiger partial charge in [0, 0.05) is 57.2 Å². The van der Waals surface area contributed by atoms with Crippen molar-refractivity contribution in [2.75, 3.05) is 50.5 Å². The van der Waals surface area contributed by atoms with Crippen LogP contribution in [-0.4, -0.2) is 69.9 Å². The number of hydrogen-bond acceptors (Lipinski definition) is 7. The van der Waals surface area contributed by atoms with E-state index in [0.717, 1.165) is 43.6 Å². The Balaban J connectivity index is 1.24. The first-order chi connectivity index (χ1) is 20.1. The van der Waals surface area contributed by atoms with Crippen LogP contribution in [0.25, 0.3) is 22.2 Å². The van der Waals surface area contributed by atoms with Crippen molar-refractivity contribution in [1.29, 1.82) is 0 Å². The molecule has 1 fully saturated rings. The second kappa shape index (κ2) is 12.2. The van der Waals surface area contributed by atoms with Gasteiger partial charge in [0.15, 0.2) is 0 Å². The van der Waals surface area contributed by atoms with Crippen molar-refractivity contribution in [2.24, 2.45) is 13.0 Å². The summed E-state index contributed by atoms with van der Waals surface area (Å²) in [5.74, 6) is -0.640. The number of nitrogen functional groups attached to an aromatic ring is 1. The highest BCUT2D eigenvalue weighted by Crippen LogP contribution is 2.30. The third-order valence-corrected chi connectivity index (χ3v) is 7.88. The minimum absolute atomic E-state index is 0.0682. The number of aromatic nitrogens is 3. The van der Waals surface area contributed by atoms with Crippen LogP contribution in [0.4, 0.5) is 16.0 Å². The number of ether oxygens (including phenoxy) is 1. The molecule has 10 nitrogen and oxygen atoms in total. The van der Waals surface area contributed by atoms with Crippen molar-refractivity contribution in [3.63, 3.8) is 0 Å². The minimum atomic E-state index is -1.18. The van der Waals surface area contributed by atoms with Crippen molar-refractivity contribution in [2.45, 2.75) is 26.3 Å². The molecule has 3 heterocycles. The molecule has 4 aromatic rings. The third kappa shape index (κ3) is 6.25. The molecule has 0 amide bonds. The van der Waals surface area contributed by atoms with Crippen LogP contribution in [0, 0.1) is 11.7 Å². The van der Waals surface area contributed by atoms with Crippen LogP contribution in [0.1, 0.15) is 30.1 Å². The molecule has 2 aromatic heterocycles. The fourth-order valence-corrected chi connectivity index (χ4v) is 5.46. The van der Waals surface area contributed by atoms with Gasteiger partial charge in [-0.1, -0.05) is 6.92 Å². The first-order valence-corrected chi connectivity index (χ1v) is 14.2. The number of piperazine rings is 1. The van der Waals surface area contributed by atoms with E-state index in [2.05, 4.69) is 45.5 Å². The monoisotopic (exact) mass is 576 g/mol. The Bertz CT molecular complexity index is 1660. The summed E-state index contributed by atoms with van der Waals surface area (Å²) in [6.45, 7) is 7.23. The van der Waals surface area contributed by atoms with Gasteiger partial charge in [-0.3, -0.25) is 4.79 Å². The lowest BCUT2D eigenvalue weighted by molar-refractivity contribution is 0.0696. The maximum atomic E-state index is 14.2. The molecular weight excluding hydrogens is 539 g/mol. The van der Waals surface area contributed by atoms with Gasteiger partial charge in [-0.05, 0) is 68.3 Å². The normalized spacial score (nSPS) is 14.8. The number of carboxylic acids is 1. The summed E-state index contributed by atoms with van der Waals surface area (Å²) < 4.78 is 23.4. The molecule has 222 valence electrons. The van der Waals surface area contributed by atoms with Gasteiger partial charge in [0.1, 0.15) is 11.6 Å². The van der Waals surface area contributed by atoms with E-state index in [1.807, 2.05) is 6.07 Å². The highest BCUT2D eigenvalue weighted by Gasteiger charge is 2.19. The van der Waals surface area contributed by atoms with Gasteiger partial charge >= 0.3 is 5.97 Å². The fraction of sp³-hybridized carbons (Fsp3) is 0.387. The molecule has 0 spiro atoms. The predicted octanol–water partition coefficient (Wildman–Crippen LogP) is 4.07. The van der Waals surface area contributed by atoms with E-state index in [1.54, 1.807) is 0 Å². The third-order valence-electron chi connectivity index (χ3n) is 7.88. The molecule has 0 unspecified atom stereocenters. The summed E-state index contributed by atoms with van der Waals surface area (Å²) in [6, 6.07) is 11.5. The fourth-order valence-electron chi connectivity index (χ4n) is 5.46. The molecule has 2 aromatic carbocycles. The van der Waals surface area contributed by atoms with Crippen LogP contribution >= 0.6 is 0 Å². The van der Waals surface area contributed by atoms with Crippen LogP contribution in [0.5, 0.6) is 5.75 Å². The van der Waals surface area contributed by atoms with Crippen LogP contribution in [0.15, 0.2) is 53.5 Å². The number of likely N-dealkylation sites (N-methyl/N-ethyl adjacent to an activating group) is 1.